The van der Waals surface area contributed by atoms with Crippen molar-refractivity contribution < 1.29 is 0 Å². The topological polar surface area (TPSA) is 12.0 Å². The molecule has 1 atom stereocenters. The normalized spacial score (nSPS) is 13.3. The molecule has 22 heavy (non-hydrogen) atoms. The van der Waals surface area contributed by atoms with Gasteiger partial charge in [0.2, 0.25) is 0 Å². The first-order valence-corrected chi connectivity index (χ1v) is 8.33. The van der Waals surface area contributed by atoms with Crippen LogP contribution in [0.2, 0.25) is 0 Å². The van der Waals surface area contributed by atoms with Gasteiger partial charge in [-0.3, -0.25) is 0 Å². The Morgan fingerprint density at radius 2 is 1.23 bits per heavy atom. The summed E-state index contributed by atoms with van der Waals surface area (Å²) in [6.07, 6.45) is 2.34. The van der Waals surface area contributed by atoms with Crippen LogP contribution in [-0.4, -0.2) is 11.6 Å². The predicted molar refractivity (Wildman–Crippen MR) is 96.3 cm³/mol. The molecule has 0 aliphatic heterocycles. The van der Waals surface area contributed by atoms with Crippen molar-refractivity contribution in [1.82, 2.24) is 5.32 Å². The molecule has 0 fully saturated rings. The number of benzene rings is 2. The summed E-state index contributed by atoms with van der Waals surface area (Å²) in [6, 6.07) is 22.3. The third-order valence-electron chi connectivity index (χ3n) is 3.97. The second kappa shape index (κ2) is 7.60. The molecule has 2 aromatic rings. The standard InChI is InChI=1S/C21H29N/c1-17(22-21(2,3)4)15-16-20(18-11-7-5-8-12-18)19-13-9-6-10-14-19/h5-14,17,20,22H,15-16H2,1-4H3. The van der Waals surface area contributed by atoms with E-state index in [1.54, 1.807) is 0 Å². The van der Waals surface area contributed by atoms with Gasteiger partial charge in [0.05, 0.1) is 0 Å². The summed E-state index contributed by atoms with van der Waals surface area (Å²) in [5, 5.41) is 3.68. The van der Waals surface area contributed by atoms with Crippen molar-refractivity contribution in [3.05, 3.63) is 71.8 Å². The molecule has 0 saturated carbocycles. The van der Waals surface area contributed by atoms with Gasteiger partial charge >= 0.3 is 0 Å². The van der Waals surface area contributed by atoms with Gasteiger partial charge in [-0.25, -0.2) is 0 Å². The van der Waals surface area contributed by atoms with Crippen LogP contribution >= 0.6 is 0 Å². The average molecular weight is 295 g/mol. The third kappa shape index (κ3) is 5.31. The Labute approximate surface area is 135 Å². The quantitative estimate of drug-likeness (QED) is 0.755. The van der Waals surface area contributed by atoms with E-state index in [1.807, 2.05) is 0 Å². The van der Waals surface area contributed by atoms with E-state index in [0.29, 0.717) is 12.0 Å². The van der Waals surface area contributed by atoms with Gasteiger partial charge in [0.15, 0.2) is 0 Å². The molecule has 1 heteroatoms. The van der Waals surface area contributed by atoms with Crippen molar-refractivity contribution in [2.75, 3.05) is 0 Å². The lowest BCUT2D eigenvalue weighted by Crippen LogP contribution is -2.42. The molecule has 0 heterocycles. The molecule has 1 N–H and O–H groups in total. The minimum atomic E-state index is 0.175. The van der Waals surface area contributed by atoms with E-state index in [1.165, 1.54) is 17.5 Å². The molecule has 0 saturated heterocycles. The van der Waals surface area contributed by atoms with Crippen LogP contribution in [0.3, 0.4) is 0 Å². The van der Waals surface area contributed by atoms with Crippen molar-refractivity contribution in [3.8, 4) is 0 Å². The van der Waals surface area contributed by atoms with Crippen LogP contribution in [0.5, 0.6) is 0 Å². The van der Waals surface area contributed by atoms with Gasteiger partial charge in [0, 0.05) is 17.5 Å². The Hall–Kier alpha value is -1.60. The third-order valence-corrected chi connectivity index (χ3v) is 3.97. The summed E-state index contributed by atoms with van der Waals surface area (Å²) in [6.45, 7) is 8.98. The van der Waals surface area contributed by atoms with Gasteiger partial charge in [-0.05, 0) is 51.7 Å². The Bertz CT molecular complexity index is 500. The maximum atomic E-state index is 3.68. The molecule has 0 radical (unpaired) electrons. The molecule has 0 spiro atoms. The number of hydrogen-bond acceptors (Lipinski definition) is 1. The summed E-state index contributed by atoms with van der Waals surface area (Å²) in [4.78, 5) is 0. The average Bonchev–Trinajstić information content (AvgIpc) is 2.48. The monoisotopic (exact) mass is 295 g/mol. The lowest BCUT2D eigenvalue weighted by atomic mass is 9.86. The van der Waals surface area contributed by atoms with Gasteiger partial charge in [-0.2, -0.15) is 0 Å². The molecule has 0 amide bonds. The highest BCUT2D eigenvalue weighted by atomic mass is 15.0. The molecular formula is C21H29N. The summed E-state index contributed by atoms with van der Waals surface area (Å²) in [7, 11) is 0. The van der Waals surface area contributed by atoms with Crippen LogP contribution in [0.1, 0.15) is 57.6 Å². The van der Waals surface area contributed by atoms with Gasteiger partial charge < -0.3 is 5.32 Å². The van der Waals surface area contributed by atoms with Crippen molar-refractivity contribution in [1.29, 1.82) is 0 Å². The SMILES string of the molecule is CC(CCC(c1ccccc1)c1ccccc1)NC(C)(C)C. The van der Waals surface area contributed by atoms with E-state index in [9.17, 15) is 0 Å². The minimum absolute atomic E-state index is 0.175. The molecule has 0 aliphatic carbocycles. The Morgan fingerprint density at radius 1 is 0.773 bits per heavy atom. The summed E-state index contributed by atoms with van der Waals surface area (Å²) >= 11 is 0. The van der Waals surface area contributed by atoms with Crippen molar-refractivity contribution in [3.63, 3.8) is 0 Å². The van der Waals surface area contributed by atoms with Crippen molar-refractivity contribution in [2.24, 2.45) is 0 Å². The van der Waals surface area contributed by atoms with Crippen LogP contribution in [-0.2, 0) is 0 Å². The maximum absolute atomic E-state index is 3.68. The highest BCUT2D eigenvalue weighted by Gasteiger charge is 2.18. The molecule has 2 aromatic carbocycles. The molecule has 1 unspecified atom stereocenters. The molecule has 0 aliphatic rings. The summed E-state index contributed by atoms with van der Waals surface area (Å²) in [5.74, 6) is 0.478. The van der Waals surface area contributed by atoms with E-state index in [-0.39, 0.29) is 5.54 Å². The largest absolute Gasteiger partial charge is 0.310 e. The Morgan fingerprint density at radius 3 is 1.64 bits per heavy atom. The molecule has 0 bridgehead atoms. The molecule has 0 aromatic heterocycles. The van der Waals surface area contributed by atoms with E-state index in [2.05, 4.69) is 93.7 Å². The van der Waals surface area contributed by atoms with Gasteiger partial charge in [-0.1, -0.05) is 60.7 Å². The first-order chi connectivity index (χ1) is 10.5. The highest BCUT2D eigenvalue weighted by Crippen LogP contribution is 2.29. The Kier molecular flexibility index (Phi) is 5.79. The van der Waals surface area contributed by atoms with Crippen LogP contribution in [0.25, 0.3) is 0 Å². The first kappa shape index (κ1) is 16.8. The molecule has 1 nitrogen and oxygen atoms in total. The maximum Gasteiger partial charge on any atom is 0.00989 e. The lowest BCUT2D eigenvalue weighted by Gasteiger charge is -2.27. The first-order valence-electron chi connectivity index (χ1n) is 8.33. The van der Waals surface area contributed by atoms with E-state index < -0.39 is 0 Å². The highest BCUT2D eigenvalue weighted by molar-refractivity contribution is 5.32. The van der Waals surface area contributed by atoms with Gasteiger partial charge in [-0.15, -0.1) is 0 Å². The van der Waals surface area contributed by atoms with Gasteiger partial charge in [0.1, 0.15) is 0 Å². The fourth-order valence-electron chi connectivity index (χ4n) is 3.12. The smallest absolute Gasteiger partial charge is 0.00989 e. The number of nitrogens with one attached hydrogen (secondary N) is 1. The lowest BCUT2D eigenvalue weighted by molar-refractivity contribution is 0.352. The van der Waals surface area contributed by atoms with Crippen LogP contribution < -0.4 is 5.32 Å². The van der Waals surface area contributed by atoms with Crippen molar-refractivity contribution >= 4 is 0 Å². The number of rotatable bonds is 6. The molecule has 2 rings (SSSR count). The van der Waals surface area contributed by atoms with Crippen LogP contribution in [0, 0.1) is 0 Å². The van der Waals surface area contributed by atoms with Gasteiger partial charge in [0.25, 0.3) is 0 Å². The zero-order chi connectivity index (χ0) is 16.0. The second-order valence-corrected chi connectivity index (χ2v) is 7.25. The van der Waals surface area contributed by atoms with Crippen LogP contribution in [0.15, 0.2) is 60.7 Å². The van der Waals surface area contributed by atoms with E-state index in [4.69, 9.17) is 0 Å². The van der Waals surface area contributed by atoms with Crippen molar-refractivity contribution in [2.45, 2.75) is 58.0 Å². The van der Waals surface area contributed by atoms with Crippen LogP contribution in [0.4, 0.5) is 0 Å². The predicted octanol–water partition coefficient (Wildman–Crippen LogP) is 5.38. The molecular weight excluding hydrogens is 266 g/mol. The Balaban J connectivity index is 2.10. The summed E-state index contributed by atoms with van der Waals surface area (Å²) < 4.78 is 0. The second-order valence-electron chi connectivity index (χ2n) is 7.25. The number of hydrogen-bond donors (Lipinski definition) is 1. The fourth-order valence-corrected chi connectivity index (χ4v) is 3.12. The fraction of sp³-hybridized carbons (Fsp3) is 0.429. The minimum Gasteiger partial charge on any atom is -0.310 e. The molecule has 118 valence electrons. The zero-order valence-electron chi connectivity index (χ0n) is 14.3. The summed E-state index contributed by atoms with van der Waals surface area (Å²) in [5.41, 5.74) is 3.00. The van der Waals surface area contributed by atoms with E-state index in [0.717, 1.165) is 6.42 Å². The zero-order valence-corrected chi connectivity index (χ0v) is 14.3. The van der Waals surface area contributed by atoms with E-state index >= 15 is 0 Å².